The highest BCUT2D eigenvalue weighted by molar-refractivity contribution is 6.31. The Morgan fingerprint density at radius 1 is 1.29 bits per heavy atom. The van der Waals surface area contributed by atoms with Gasteiger partial charge in [-0.3, -0.25) is 0 Å². The number of benzene rings is 1. The monoisotopic (exact) mass is 252 g/mol. The first-order valence-electron chi connectivity index (χ1n) is 6.44. The minimum atomic E-state index is 0.868. The van der Waals surface area contributed by atoms with Gasteiger partial charge in [-0.25, -0.2) is 0 Å². The molecular weight excluding hydrogens is 232 g/mol. The second-order valence-electron chi connectivity index (χ2n) is 4.82. The van der Waals surface area contributed by atoms with Crippen molar-refractivity contribution in [2.75, 3.05) is 26.2 Å². The summed E-state index contributed by atoms with van der Waals surface area (Å²) in [4.78, 5) is 2.52. The Labute approximate surface area is 109 Å². The molecule has 1 aromatic rings. The molecule has 94 valence electrons. The van der Waals surface area contributed by atoms with Gasteiger partial charge in [-0.2, -0.15) is 0 Å². The molecule has 1 aromatic carbocycles. The molecule has 17 heavy (non-hydrogen) atoms. The number of hydrogen-bond acceptors (Lipinski definition) is 2. The highest BCUT2D eigenvalue weighted by Gasteiger charge is 2.10. The van der Waals surface area contributed by atoms with Gasteiger partial charge >= 0.3 is 0 Å². The Morgan fingerprint density at radius 2 is 2.06 bits per heavy atom. The second-order valence-corrected chi connectivity index (χ2v) is 5.23. The molecule has 0 bridgehead atoms. The summed E-state index contributed by atoms with van der Waals surface area (Å²) in [6, 6.07) is 6.25. The van der Waals surface area contributed by atoms with Crippen LogP contribution in [-0.2, 0) is 6.54 Å². The third-order valence-corrected chi connectivity index (χ3v) is 3.68. The molecule has 1 aliphatic rings. The average molecular weight is 253 g/mol. The summed E-state index contributed by atoms with van der Waals surface area (Å²) < 4.78 is 0. The fourth-order valence-electron chi connectivity index (χ4n) is 2.26. The van der Waals surface area contributed by atoms with E-state index in [2.05, 4.69) is 29.3 Å². The van der Waals surface area contributed by atoms with Crippen molar-refractivity contribution in [2.24, 2.45) is 0 Å². The molecule has 1 saturated heterocycles. The van der Waals surface area contributed by atoms with E-state index in [0.29, 0.717) is 0 Å². The van der Waals surface area contributed by atoms with E-state index < -0.39 is 0 Å². The number of aryl methyl sites for hydroxylation is 1. The predicted octanol–water partition coefficient (Wildman–Crippen LogP) is 2.83. The number of hydrogen-bond donors (Lipinski definition) is 1. The molecule has 0 aromatic heterocycles. The smallest absolute Gasteiger partial charge is 0.0453 e. The average Bonchev–Trinajstić information content (AvgIpc) is 2.79. The molecule has 2 nitrogen and oxygen atoms in total. The van der Waals surface area contributed by atoms with Gasteiger partial charge in [-0.1, -0.05) is 23.7 Å². The van der Waals surface area contributed by atoms with Gasteiger partial charge in [0.15, 0.2) is 0 Å². The van der Waals surface area contributed by atoms with Crippen LogP contribution in [0.15, 0.2) is 18.2 Å². The molecule has 0 unspecified atom stereocenters. The van der Waals surface area contributed by atoms with Crippen LogP contribution in [0.5, 0.6) is 0 Å². The van der Waals surface area contributed by atoms with Gasteiger partial charge in [0.05, 0.1) is 0 Å². The molecule has 2 rings (SSSR count). The number of nitrogens with one attached hydrogen (secondary N) is 1. The van der Waals surface area contributed by atoms with E-state index in [0.717, 1.165) is 24.7 Å². The standard InChI is InChI=1S/C14H21ClN2/c1-12-4-5-13(14(15)10-12)11-16-6-9-17-7-2-3-8-17/h4-5,10,16H,2-3,6-9,11H2,1H3. The van der Waals surface area contributed by atoms with Gasteiger partial charge < -0.3 is 10.2 Å². The molecule has 0 saturated carbocycles. The van der Waals surface area contributed by atoms with Crippen molar-refractivity contribution in [1.82, 2.24) is 10.2 Å². The minimum Gasteiger partial charge on any atom is -0.311 e. The molecular formula is C14H21ClN2. The van der Waals surface area contributed by atoms with Gasteiger partial charge in [0.25, 0.3) is 0 Å². The highest BCUT2D eigenvalue weighted by atomic mass is 35.5. The minimum absolute atomic E-state index is 0.868. The lowest BCUT2D eigenvalue weighted by molar-refractivity contribution is 0.335. The van der Waals surface area contributed by atoms with Crippen LogP contribution < -0.4 is 5.32 Å². The first-order chi connectivity index (χ1) is 8.25. The lowest BCUT2D eigenvalue weighted by atomic mass is 10.1. The summed E-state index contributed by atoms with van der Waals surface area (Å²) in [6.45, 7) is 7.68. The molecule has 1 fully saturated rings. The van der Waals surface area contributed by atoms with E-state index in [1.165, 1.54) is 37.1 Å². The zero-order valence-electron chi connectivity index (χ0n) is 10.5. The van der Waals surface area contributed by atoms with Crippen LogP contribution in [-0.4, -0.2) is 31.1 Å². The molecule has 0 spiro atoms. The van der Waals surface area contributed by atoms with Crippen LogP contribution in [0.1, 0.15) is 24.0 Å². The Morgan fingerprint density at radius 3 is 2.76 bits per heavy atom. The molecule has 1 heterocycles. The lowest BCUT2D eigenvalue weighted by Crippen LogP contribution is -2.29. The van der Waals surface area contributed by atoms with Crippen LogP contribution in [0.2, 0.25) is 5.02 Å². The Balaban J connectivity index is 1.70. The van der Waals surface area contributed by atoms with Crippen molar-refractivity contribution in [2.45, 2.75) is 26.3 Å². The van der Waals surface area contributed by atoms with E-state index in [4.69, 9.17) is 11.6 Å². The quantitative estimate of drug-likeness (QED) is 0.811. The first kappa shape index (κ1) is 12.9. The van der Waals surface area contributed by atoms with E-state index in [1.807, 2.05) is 6.07 Å². The summed E-state index contributed by atoms with van der Waals surface area (Å²) in [5.74, 6) is 0. The maximum atomic E-state index is 6.19. The number of nitrogens with zero attached hydrogens (tertiary/aromatic N) is 1. The normalized spacial score (nSPS) is 16.6. The van der Waals surface area contributed by atoms with Crippen molar-refractivity contribution in [3.8, 4) is 0 Å². The molecule has 0 aliphatic carbocycles. The molecule has 0 amide bonds. The van der Waals surface area contributed by atoms with Gasteiger partial charge in [-0.05, 0) is 50.0 Å². The van der Waals surface area contributed by atoms with E-state index in [9.17, 15) is 0 Å². The molecule has 0 atom stereocenters. The van der Waals surface area contributed by atoms with Crippen LogP contribution >= 0.6 is 11.6 Å². The second kappa shape index (κ2) is 6.39. The van der Waals surface area contributed by atoms with Crippen LogP contribution in [0.25, 0.3) is 0 Å². The zero-order valence-corrected chi connectivity index (χ0v) is 11.3. The van der Waals surface area contributed by atoms with Crippen LogP contribution in [0, 0.1) is 6.92 Å². The van der Waals surface area contributed by atoms with Crippen molar-refractivity contribution in [3.63, 3.8) is 0 Å². The largest absolute Gasteiger partial charge is 0.311 e. The van der Waals surface area contributed by atoms with Crippen molar-refractivity contribution >= 4 is 11.6 Å². The highest BCUT2D eigenvalue weighted by Crippen LogP contribution is 2.17. The lowest BCUT2D eigenvalue weighted by Gasteiger charge is -2.15. The number of likely N-dealkylation sites (tertiary alicyclic amines) is 1. The third kappa shape index (κ3) is 3.98. The van der Waals surface area contributed by atoms with E-state index >= 15 is 0 Å². The molecule has 1 N–H and O–H groups in total. The number of halogens is 1. The maximum Gasteiger partial charge on any atom is 0.0453 e. The first-order valence-corrected chi connectivity index (χ1v) is 6.81. The number of rotatable bonds is 5. The maximum absolute atomic E-state index is 6.19. The van der Waals surface area contributed by atoms with Crippen molar-refractivity contribution in [1.29, 1.82) is 0 Å². The predicted molar refractivity (Wildman–Crippen MR) is 73.6 cm³/mol. The fraction of sp³-hybridized carbons (Fsp3) is 0.571. The fourth-order valence-corrected chi connectivity index (χ4v) is 2.56. The van der Waals surface area contributed by atoms with Gasteiger partial charge in [0, 0.05) is 24.7 Å². The molecule has 1 aliphatic heterocycles. The van der Waals surface area contributed by atoms with Crippen LogP contribution in [0.4, 0.5) is 0 Å². The summed E-state index contributed by atoms with van der Waals surface area (Å²) in [7, 11) is 0. The van der Waals surface area contributed by atoms with Crippen molar-refractivity contribution in [3.05, 3.63) is 34.3 Å². The summed E-state index contributed by atoms with van der Waals surface area (Å²) in [6.07, 6.45) is 2.73. The topological polar surface area (TPSA) is 15.3 Å². The van der Waals surface area contributed by atoms with Gasteiger partial charge in [-0.15, -0.1) is 0 Å². The van der Waals surface area contributed by atoms with E-state index in [1.54, 1.807) is 0 Å². The third-order valence-electron chi connectivity index (χ3n) is 3.33. The van der Waals surface area contributed by atoms with Crippen LogP contribution in [0.3, 0.4) is 0 Å². The Hall–Kier alpha value is -0.570. The van der Waals surface area contributed by atoms with E-state index in [-0.39, 0.29) is 0 Å². The Kier molecular flexibility index (Phi) is 4.84. The zero-order chi connectivity index (χ0) is 12.1. The summed E-state index contributed by atoms with van der Waals surface area (Å²) >= 11 is 6.19. The summed E-state index contributed by atoms with van der Waals surface area (Å²) in [5, 5.41) is 4.34. The Bertz CT molecular complexity index is 359. The van der Waals surface area contributed by atoms with Gasteiger partial charge in [0.2, 0.25) is 0 Å². The van der Waals surface area contributed by atoms with Crippen molar-refractivity contribution < 1.29 is 0 Å². The molecule has 0 radical (unpaired) electrons. The summed E-state index contributed by atoms with van der Waals surface area (Å²) in [5.41, 5.74) is 2.41. The molecule has 3 heteroatoms. The van der Waals surface area contributed by atoms with Gasteiger partial charge in [0.1, 0.15) is 0 Å². The SMILES string of the molecule is Cc1ccc(CNCCN2CCCC2)c(Cl)c1.